The third-order valence-corrected chi connectivity index (χ3v) is 11.8. The molecule has 0 saturated heterocycles. The highest BCUT2D eigenvalue weighted by molar-refractivity contribution is 7.47. The molecule has 0 aromatic rings. The monoisotopic (exact) mass is 848 g/mol. The summed E-state index contributed by atoms with van der Waals surface area (Å²) >= 11 is 0. The number of phosphoric acid groups is 1. The molecular weight excluding hydrogens is 757 g/mol. The molecule has 12 heteroatoms. The Morgan fingerprint density at radius 3 is 1.14 bits per heavy atom. The molecule has 0 saturated carbocycles. The van der Waals surface area contributed by atoms with Crippen LogP contribution in [0, 0.1) is 0 Å². The Hall–Kier alpha value is -1.52. The van der Waals surface area contributed by atoms with Gasteiger partial charge in [-0.25, -0.2) is 9.36 Å². The molecule has 0 aliphatic heterocycles. The second-order valence-electron chi connectivity index (χ2n) is 16.7. The van der Waals surface area contributed by atoms with E-state index >= 15 is 0 Å². The lowest BCUT2D eigenvalue weighted by Gasteiger charge is -2.18. The van der Waals surface area contributed by atoms with Gasteiger partial charge < -0.3 is 25.2 Å². The number of phosphoric ester groups is 1. The molecule has 4 N–H and O–H groups in total. The third kappa shape index (κ3) is 41.2. The number of aliphatic carboxylic acids is 1. The van der Waals surface area contributed by atoms with Gasteiger partial charge in [0.1, 0.15) is 12.7 Å². The lowest BCUT2D eigenvalue weighted by molar-refractivity contribution is -0.147. The van der Waals surface area contributed by atoms with E-state index < -0.39 is 57.6 Å². The summed E-state index contributed by atoms with van der Waals surface area (Å²) in [6.45, 7) is 2.64. The molecule has 0 radical (unpaired) electrons. The molecule has 58 heavy (non-hydrogen) atoms. The Morgan fingerprint density at radius 2 is 0.793 bits per heavy atom. The highest BCUT2D eigenvalue weighted by Crippen LogP contribution is 2.43. The van der Waals surface area contributed by atoms with Crippen LogP contribution in [-0.2, 0) is 32.7 Å². The number of amides is 1. The zero-order chi connectivity index (χ0) is 42.8. The summed E-state index contributed by atoms with van der Waals surface area (Å²) in [7, 11) is -4.75. The maximum Gasteiger partial charge on any atom is 0.472 e. The van der Waals surface area contributed by atoms with Gasteiger partial charge in [0, 0.05) is 12.8 Å². The molecule has 3 unspecified atom stereocenters. The number of ether oxygens (including phenoxy) is 1. The predicted octanol–water partition coefficient (Wildman–Crippen LogP) is 12.7. The van der Waals surface area contributed by atoms with Crippen LogP contribution in [0.15, 0.2) is 0 Å². The van der Waals surface area contributed by atoms with E-state index in [0.29, 0.717) is 12.8 Å². The number of carbonyl (C=O) groups excluding carboxylic acids is 2. The first-order valence-electron chi connectivity index (χ1n) is 24.1. The number of rotatable bonds is 46. The number of nitrogens with one attached hydrogen (secondary N) is 1. The largest absolute Gasteiger partial charge is 0.480 e. The second-order valence-corrected chi connectivity index (χ2v) is 18.1. The molecule has 0 aromatic carbocycles. The van der Waals surface area contributed by atoms with E-state index in [1.807, 2.05) is 0 Å². The molecule has 0 rings (SSSR count). The van der Waals surface area contributed by atoms with Crippen LogP contribution in [0.1, 0.15) is 245 Å². The van der Waals surface area contributed by atoms with Gasteiger partial charge in [0.05, 0.1) is 13.2 Å². The molecule has 0 aliphatic carbocycles. The van der Waals surface area contributed by atoms with Crippen LogP contribution in [0.2, 0.25) is 0 Å². The molecule has 0 fully saturated rings. The lowest BCUT2D eigenvalue weighted by Crippen LogP contribution is -2.43. The van der Waals surface area contributed by atoms with Crippen molar-refractivity contribution in [2.45, 2.75) is 257 Å². The number of carboxylic acids is 1. The second kappa shape index (κ2) is 42.2. The van der Waals surface area contributed by atoms with Gasteiger partial charge in [-0.05, 0) is 12.8 Å². The summed E-state index contributed by atoms with van der Waals surface area (Å²) in [6, 6.07) is -1.54. The number of carbonyl (C=O) groups is 3. The van der Waals surface area contributed by atoms with Crippen molar-refractivity contribution in [2.75, 3.05) is 19.8 Å². The summed E-state index contributed by atoms with van der Waals surface area (Å²) in [6.07, 6.45) is 41.2. The van der Waals surface area contributed by atoms with Crippen molar-refractivity contribution in [3.05, 3.63) is 0 Å². The first-order chi connectivity index (χ1) is 28.1. The smallest absolute Gasteiger partial charge is 0.472 e. The fourth-order valence-corrected chi connectivity index (χ4v) is 7.91. The van der Waals surface area contributed by atoms with E-state index in [9.17, 15) is 34.1 Å². The number of aliphatic hydroxyl groups excluding tert-OH is 1. The Balaban J connectivity index is 3.82. The standard InChI is InChI=1S/C46H90NO10P/c1-3-5-7-9-11-13-15-17-19-20-21-22-24-25-27-29-31-33-35-37-44(49)47-43(46(51)52)41-57-58(53,54)56-40-42(48)39-55-45(50)38-36-34-32-30-28-26-23-18-16-14-12-10-8-6-4-2/h42-43,48H,3-41H2,1-2H3,(H,47,49)(H,51,52)(H,53,54). The quantitative estimate of drug-likeness (QED) is 0.0263. The topological polar surface area (TPSA) is 169 Å². The highest BCUT2D eigenvalue weighted by atomic mass is 31.2. The average Bonchev–Trinajstić information content (AvgIpc) is 3.20. The van der Waals surface area contributed by atoms with Gasteiger partial charge >= 0.3 is 19.8 Å². The minimum absolute atomic E-state index is 0.153. The maximum absolute atomic E-state index is 12.3. The zero-order valence-corrected chi connectivity index (χ0v) is 38.3. The zero-order valence-electron chi connectivity index (χ0n) is 37.4. The molecular formula is C46H90NO10P. The number of unbranched alkanes of at least 4 members (excludes halogenated alkanes) is 32. The normalized spacial score (nSPS) is 13.6. The number of carboxylic acid groups (broad SMARTS) is 1. The van der Waals surface area contributed by atoms with Crippen LogP contribution in [0.5, 0.6) is 0 Å². The Labute approximate surface area is 354 Å². The molecule has 344 valence electrons. The molecule has 0 bridgehead atoms. The van der Waals surface area contributed by atoms with E-state index in [2.05, 4.69) is 19.2 Å². The van der Waals surface area contributed by atoms with Crippen molar-refractivity contribution in [3.8, 4) is 0 Å². The maximum atomic E-state index is 12.3. The molecule has 0 aromatic heterocycles. The Bertz CT molecular complexity index is 1000. The summed E-state index contributed by atoms with van der Waals surface area (Å²) in [4.78, 5) is 46.0. The van der Waals surface area contributed by atoms with Crippen molar-refractivity contribution in [1.82, 2.24) is 5.32 Å². The van der Waals surface area contributed by atoms with Gasteiger partial charge in [0.15, 0.2) is 6.04 Å². The van der Waals surface area contributed by atoms with Gasteiger partial charge in [-0.2, -0.15) is 0 Å². The molecule has 0 heterocycles. The molecule has 0 spiro atoms. The summed E-state index contributed by atoms with van der Waals surface area (Å²) in [5.74, 6) is -2.35. The third-order valence-electron chi connectivity index (χ3n) is 10.9. The van der Waals surface area contributed by atoms with E-state index in [1.165, 1.54) is 167 Å². The van der Waals surface area contributed by atoms with E-state index in [4.69, 9.17) is 13.8 Å². The lowest BCUT2D eigenvalue weighted by atomic mass is 10.0. The van der Waals surface area contributed by atoms with Crippen LogP contribution in [-0.4, -0.2) is 64.9 Å². The summed E-state index contributed by atoms with van der Waals surface area (Å²) in [5.41, 5.74) is 0. The number of esters is 1. The average molecular weight is 848 g/mol. The predicted molar refractivity (Wildman–Crippen MR) is 236 cm³/mol. The van der Waals surface area contributed by atoms with E-state index in [-0.39, 0.29) is 12.8 Å². The van der Waals surface area contributed by atoms with Crippen LogP contribution >= 0.6 is 7.82 Å². The number of aliphatic hydroxyl groups is 1. The minimum atomic E-state index is -4.75. The first kappa shape index (κ1) is 56.5. The van der Waals surface area contributed by atoms with Crippen molar-refractivity contribution >= 4 is 25.7 Å². The van der Waals surface area contributed by atoms with Crippen LogP contribution < -0.4 is 5.32 Å². The van der Waals surface area contributed by atoms with Gasteiger partial charge in [-0.15, -0.1) is 0 Å². The Morgan fingerprint density at radius 1 is 0.483 bits per heavy atom. The van der Waals surface area contributed by atoms with Crippen molar-refractivity contribution in [2.24, 2.45) is 0 Å². The minimum Gasteiger partial charge on any atom is -0.480 e. The van der Waals surface area contributed by atoms with Crippen LogP contribution in [0.4, 0.5) is 0 Å². The number of hydrogen-bond acceptors (Lipinski definition) is 8. The fourth-order valence-electron chi connectivity index (χ4n) is 7.14. The van der Waals surface area contributed by atoms with Gasteiger partial charge in [0.2, 0.25) is 5.91 Å². The molecule has 11 nitrogen and oxygen atoms in total. The van der Waals surface area contributed by atoms with Crippen molar-refractivity contribution in [3.63, 3.8) is 0 Å². The fraction of sp³-hybridized carbons (Fsp3) is 0.935. The van der Waals surface area contributed by atoms with E-state index in [0.717, 1.165) is 38.5 Å². The van der Waals surface area contributed by atoms with Crippen molar-refractivity contribution in [1.29, 1.82) is 0 Å². The van der Waals surface area contributed by atoms with E-state index in [1.54, 1.807) is 0 Å². The van der Waals surface area contributed by atoms with Crippen LogP contribution in [0.25, 0.3) is 0 Å². The molecule has 0 aliphatic rings. The first-order valence-corrected chi connectivity index (χ1v) is 25.6. The SMILES string of the molecule is CCCCCCCCCCCCCCCCCCCCCC(=O)NC(COP(=O)(O)OCC(O)COC(=O)CCCCCCCCCCCCCCCCC)C(=O)O. The van der Waals surface area contributed by atoms with Crippen LogP contribution in [0.3, 0.4) is 0 Å². The van der Waals surface area contributed by atoms with Gasteiger partial charge in [-0.1, -0.05) is 219 Å². The van der Waals surface area contributed by atoms with Gasteiger partial charge in [0.25, 0.3) is 0 Å². The summed E-state index contributed by atoms with van der Waals surface area (Å²) in [5, 5.41) is 21.9. The molecule has 3 atom stereocenters. The summed E-state index contributed by atoms with van der Waals surface area (Å²) < 4.78 is 26.9. The van der Waals surface area contributed by atoms with Crippen molar-refractivity contribution < 1.29 is 47.8 Å². The Kier molecular flexibility index (Phi) is 41.1. The van der Waals surface area contributed by atoms with Gasteiger partial charge in [-0.3, -0.25) is 18.6 Å². The molecule has 1 amide bonds. The number of hydrogen-bond donors (Lipinski definition) is 4. The highest BCUT2D eigenvalue weighted by Gasteiger charge is 2.28.